The topological polar surface area (TPSA) is 39.8 Å². The summed E-state index contributed by atoms with van der Waals surface area (Å²) in [5.74, 6) is 0. The van der Waals surface area contributed by atoms with Crippen molar-refractivity contribution in [2.75, 3.05) is 17.7 Å². The molecular formula is C17H19N3. The third kappa shape index (κ3) is 2.35. The number of fused-ring (bicyclic) bond motifs is 1. The van der Waals surface area contributed by atoms with Gasteiger partial charge in [0, 0.05) is 35.9 Å². The molecule has 0 saturated heterocycles. The number of hydrogen-bond acceptors (Lipinski definition) is 2. The molecule has 0 aliphatic rings. The second-order valence-electron chi connectivity index (χ2n) is 4.97. The molecule has 3 N–H and O–H groups in total. The molecule has 2 aromatic carbocycles. The van der Waals surface area contributed by atoms with Crippen molar-refractivity contribution in [2.45, 2.75) is 13.5 Å². The zero-order chi connectivity index (χ0) is 13.9. The fraction of sp³-hybridized carbons (Fsp3) is 0.176. The molecule has 0 atom stereocenters. The molecular weight excluding hydrogens is 246 g/mol. The van der Waals surface area contributed by atoms with Gasteiger partial charge in [0.25, 0.3) is 0 Å². The highest BCUT2D eigenvalue weighted by molar-refractivity contribution is 5.94. The molecule has 3 heteroatoms. The van der Waals surface area contributed by atoms with Crippen LogP contribution in [0, 0.1) is 6.92 Å². The first-order valence-electron chi connectivity index (χ1n) is 6.86. The van der Waals surface area contributed by atoms with E-state index in [0.29, 0.717) is 0 Å². The lowest BCUT2D eigenvalue weighted by atomic mass is 10.2. The molecule has 0 spiro atoms. The summed E-state index contributed by atoms with van der Waals surface area (Å²) in [5, 5.41) is 7.92. The van der Waals surface area contributed by atoms with E-state index in [1.807, 2.05) is 7.05 Å². The van der Waals surface area contributed by atoms with Crippen molar-refractivity contribution in [1.82, 2.24) is 4.98 Å². The molecule has 20 heavy (non-hydrogen) atoms. The molecule has 0 saturated carbocycles. The average molecular weight is 265 g/mol. The molecule has 0 amide bonds. The van der Waals surface area contributed by atoms with Crippen LogP contribution in [0.1, 0.15) is 11.3 Å². The molecule has 0 radical (unpaired) electrons. The van der Waals surface area contributed by atoms with E-state index < -0.39 is 0 Å². The molecule has 0 bridgehead atoms. The molecule has 0 aliphatic heterocycles. The number of benzene rings is 2. The molecule has 0 unspecified atom stereocenters. The summed E-state index contributed by atoms with van der Waals surface area (Å²) in [6.45, 7) is 2.93. The molecule has 1 aromatic heterocycles. The second-order valence-corrected chi connectivity index (χ2v) is 4.97. The predicted molar refractivity (Wildman–Crippen MR) is 86.4 cm³/mol. The van der Waals surface area contributed by atoms with Crippen molar-refractivity contribution in [3.05, 3.63) is 59.8 Å². The normalized spacial score (nSPS) is 10.7. The van der Waals surface area contributed by atoms with Gasteiger partial charge in [0.1, 0.15) is 0 Å². The van der Waals surface area contributed by atoms with Gasteiger partial charge in [0.15, 0.2) is 0 Å². The van der Waals surface area contributed by atoms with E-state index in [1.54, 1.807) is 0 Å². The summed E-state index contributed by atoms with van der Waals surface area (Å²) in [7, 11) is 1.93. The summed E-state index contributed by atoms with van der Waals surface area (Å²) in [5.41, 5.74) is 5.96. The summed E-state index contributed by atoms with van der Waals surface area (Å²) >= 11 is 0. The van der Waals surface area contributed by atoms with E-state index in [4.69, 9.17) is 0 Å². The number of rotatable bonds is 4. The Bertz CT molecular complexity index is 711. The van der Waals surface area contributed by atoms with Gasteiger partial charge in [-0.05, 0) is 30.7 Å². The van der Waals surface area contributed by atoms with E-state index in [1.165, 1.54) is 27.8 Å². The smallest absolute Gasteiger partial charge is 0.0630 e. The lowest BCUT2D eigenvalue weighted by Gasteiger charge is -2.08. The standard InChI is InChI=1S/C17H19N3/c1-12-17(15-5-3-4-6-16(15)20-12)19-11-13-7-9-14(18-2)10-8-13/h3-10,18-20H,11H2,1-2H3. The summed E-state index contributed by atoms with van der Waals surface area (Å²) < 4.78 is 0. The highest BCUT2D eigenvalue weighted by atomic mass is 14.9. The maximum atomic E-state index is 3.54. The van der Waals surface area contributed by atoms with Crippen LogP contribution in [0.2, 0.25) is 0 Å². The van der Waals surface area contributed by atoms with Crippen LogP contribution in [-0.4, -0.2) is 12.0 Å². The first-order valence-corrected chi connectivity index (χ1v) is 6.86. The number of hydrogen-bond donors (Lipinski definition) is 3. The first kappa shape index (κ1) is 12.6. The molecule has 3 nitrogen and oxygen atoms in total. The molecule has 3 aromatic rings. The van der Waals surface area contributed by atoms with Gasteiger partial charge in [-0.1, -0.05) is 30.3 Å². The number of aromatic nitrogens is 1. The molecule has 3 rings (SSSR count). The largest absolute Gasteiger partial charge is 0.388 e. The Labute approximate surface area is 119 Å². The Kier molecular flexibility index (Phi) is 3.33. The highest BCUT2D eigenvalue weighted by Gasteiger charge is 2.06. The Morgan fingerprint density at radius 2 is 1.75 bits per heavy atom. The van der Waals surface area contributed by atoms with Crippen LogP contribution in [-0.2, 0) is 6.54 Å². The second kappa shape index (κ2) is 5.29. The average Bonchev–Trinajstić information content (AvgIpc) is 2.81. The monoisotopic (exact) mass is 265 g/mol. The van der Waals surface area contributed by atoms with Gasteiger partial charge in [0.2, 0.25) is 0 Å². The van der Waals surface area contributed by atoms with Gasteiger partial charge in [-0.25, -0.2) is 0 Å². The van der Waals surface area contributed by atoms with Crippen LogP contribution in [0.25, 0.3) is 10.9 Å². The highest BCUT2D eigenvalue weighted by Crippen LogP contribution is 2.27. The van der Waals surface area contributed by atoms with E-state index >= 15 is 0 Å². The van der Waals surface area contributed by atoms with Gasteiger partial charge < -0.3 is 15.6 Å². The van der Waals surface area contributed by atoms with Crippen molar-refractivity contribution in [3.63, 3.8) is 0 Å². The third-order valence-corrected chi connectivity index (χ3v) is 3.61. The van der Waals surface area contributed by atoms with Crippen LogP contribution in [0.4, 0.5) is 11.4 Å². The van der Waals surface area contributed by atoms with E-state index in [2.05, 4.69) is 71.1 Å². The zero-order valence-corrected chi connectivity index (χ0v) is 11.8. The lowest BCUT2D eigenvalue weighted by molar-refractivity contribution is 1.14. The van der Waals surface area contributed by atoms with Crippen molar-refractivity contribution < 1.29 is 0 Å². The van der Waals surface area contributed by atoms with Crippen molar-refractivity contribution >= 4 is 22.3 Å². The number of aromatic amines is 1. The SMILES string of the molecule is CNc1ccc(CNc2c(C)[nH]c3ccccc23)cc1. The Morgan fingerprint density at radius 1 is 1.00 bits per heavy atom. The number of H-pyrrole nitrogens is 1. The van der Waals surface area contributed by atoms with Gasteiger partial charge in [-0.3, -0.25) is 0 Å². The number of anilines is 2. The number of aryl methyl sites for hydroxylation is 1. The van der Waals surface area contributed by atoms with Crippen molar-refractivity contribution in [3.8, 4) is 0 Å². The van der Waals surface area contributed by atoms with Gasteiger partial charge in [0.05, 0.1) is 5.69 Å². The zero-order valence-electron chi connectivity index (χ0n) is 11.8. The number of nitrogens with one attached hydrogen (secondary N) is 3. The molecule has 102 valence electrons. The van der Waals surface area contributed by atoms with Gasteiger partial charge in [-0.15, -0.1) is 0 Å². The quantitative estimate of drug-likeness (QED) is 0.663. The van der Waals surface area contributed by atoms with Crippen LogP contribution in [0.3, 0.4) is 0 Å². The van der Waals surface area contributed by atoms with E-state index in [0.717, 1.165) is 12.2 Å². The Morgan fingerprint density at radius 3 is 2.50 bits per heavy atom. The minimum atomic E-state index is 0.826. The maximum absolute atomic E-state index is 3.54. The summed E-state index contributed by atoms with van der Waals surface area (Å²) in [6.07, 6.45) is 0. The Hall–Kier alpha value is -2.42. The van der Waals surface area contributed by atoms with Crippen LogP contribution >= 0.6 is 0 Å². The van der Waals surface area contributed by atoms with Crippen molar-refractivity contribution in [1.29, 1.82) is 0 Å². The maximum Gasteiger partial charge on any atom is 0.0630 e. The van der Waals surface area contributed by atoms with Gasteiger partial charge in [-0.2, -0.15) is 0 Å². The minimum absolute atomic E-state index is 0.826. The third-order valence-electron chi connectivity index (χ3n) is 3.61. The van der Waals surface area contributed by atoms with Crippen LogP contribution in [0.15, 0.2) is 48.5 Å². The predicted octanol–water partition coefficient (Wildman–Crippen LogP) is 4.13. The summed E-state index contributed by atoms with van der Waals surface area (Å²) in [6, 6.07) is 16.9. The van der Waals surface area contributed by atoms with E-state index in [9.17, 15) is 0 Å². The minimum Gasteiger partial charge on any atom is -0.388 e. The van der Waals surface area contributed by atoms with Crippen LogP contribution in [0.5, 0.6) is 0 Å². The first-order chi connectivity index (χ1) is 9.78. The van der Waals surface area contributed by atoms with Crippen LogP contribution < -0.4 is 10.6 Å². The molecule has 0 fully saturated rings. The van der Waals surface area contributed by atoms with Gasteiger partial charge >= 0.3 is 0 Å². The number of para-hydroxylation sites is 1. The fourth-order valence-electron chi connectivity index (χ4n) is 2.48. The Balaban J connectivity index is 1.80. The molecule has 1 heterocycles. The van der Waals surface area contributed by atoms with Crippen molar-refractivity contribution in [2.24, 2.45) is 0 Å². The lowest BCUT2D eigenvalue weighted by Crippen LogP contribution is -2.00. The fourth-order valence-corrected chi connectivity index (χ4v) is 2.48. The summed E-state index contributed by atoms with van der Waals surface area (Å²) in [4.78, 5) is 3.41. The molecule has 0 aliphatic carbocycles. The van der Waals surface area contributed by atoms with E-state index in [-0.39, 0.29) is 0 Å².